The van der Waals surface area contributed by atoms with Crippen LogP contribution in [0.2, 0.25) is 0 Å². The maximum atomic E-state index is 6.89. The molecule has 0 radical (unpaired) electrons. The Morgan fingerprint density at radius 2 is 2.04 bits per heavy atom. The van der Waals surface area contributed by atoms with Gasteiger partial charge in [-0.2, -0.15) is 5.10 Å². The normalized spacial score (nSPS) is 33.7. The highest BCUT2D eigenvalue weighted by molar-refractivity contribution is 6.25. The molecule has 5 nitrogen and oxygen atoms in total. The van der Waals surface area contributed by atoms with E-state index in [-0.39, 0.29) is 0 Å². The summed E-state index contributed by atoms with van der Waals surface area (Å²) in [7, 11) is 0. The van der Waals surface area contributed by atoms with Crippen LogP contribution in [0, 0.1) is 17.8 Å². The van der Waals surface area contributed by atoms with Crippen LogP contribution in [0.15, 0.2) is 6.20 Å². The first kappa shape index (κ1) is 18.1. The van der Waals surface area contributed by atoms with E-state index >= 15 is 0 Å². The topological polar surface area (TPSA) is 50.3 Å². The molecule has 2 saturated heterocycles. The minimum Gasteiger partial charge on any atom is -0.381 e. The summed E-state index contributed by atoms with van der Waals surface area (Å²) in [5.41, 5.74) is 2.70. The van der Waals surface area contributed by atoms with E-state index in [0.29, 0.717) is 12.1 Å². The lowest BCUT2D eigenvalue weighted by Crippen LogP contribution is -2.34. The van der Waals surface area contributed by atoms with E-state index in [2.05, 4.69) is 15.5 Å². The number of nitrogens with one attached hydrogen (secondary N) is 1. The lowest BCUT2D eigenvalue weighted by molar-refractivity contribution is 0.0593. The van der Waals surface area contributed by atoms with Gasteiger partial charge in [-0.25, -0.2) is 0 Å². The summed E-state index contributed by atoms with van der Waals surface area (Å²) in [6, 6.07) is 1.05. The van der Waals surface area contributed by atoms with Crippen LogP contribution in [-0.2, 0) is 17.6 Å². The Labute approximate surface area is 167 Å². The van der Waals surface area contributed by atoms with Crippen molar-refractivity contribution in [3.63, 3.8) is 0 Å². The van der Waals surface area contributed by atoms with Gasteiger partial charge in [-0.1, -0.05) is 0 Å². The molecule has 3 heterocycles. The lowest BCUT2D eigenvalue weighted by Gasteiger charge is -2.29. The molecule has 27 heavy (non-hydrogen) atoms. The van der Waals surface area contributed by atoms with Gasteiger partial charge in [0.1, 0.15) is 0 Å². The number of anilines is 1. The molecule has 2 aliphatic carbocycles. The van der Waals surface area contributed by atoms with Crippen molar-refractivity contribution in [2.24, 2.45) is 17.8 Å². The number of nitrogens with zero attached hydrogens (tertiary/aromatic N) is 3. The van der Waals surface area contributed by atoms with Crippen LogP contribution in [0.4, 0.5) is 5.82 Å². The summed E-state index contributed by atoms with van der Waals surface area (Å²) in [5, 5.41) is 12.5. The average molecular weight is 391 g/mol. The molecule has 1 saturated carbocycles. The van der Waals surface area contributed by atoms with Gasteiger partial charge in [-0.15, -0.1) is 5.10 Å². The van der Waals surface area contributed by atoms with Crippen molar-refractivity contribution in [1.29, 1.82) is 0 Å². The standard InChI is InChI=1S/C21H31ClN4O/c22-26(21-18-4-2-1-3-15(18)13-24-25-21)17-10-16-12-23-20(19(16)11-17)9-14-5-7-27-8-6-14/h13-14,16-17,19-20,23H,1-12H2/t16-,17+,19+,20+/m1/s1. The first-order chi connectivity index (χ1) is 13.3. The number of ether oxygens (including phenoxy) is 1. The predicted octanol–water partition coefficient (Wildman–Crippen LogP) is 3.50. The minimum absolute atomic E-state index is 0.392. The molecule has 0 bridgehead atoms. The molecule has 2 aliphatic heterocycles. The molecule has 5 rings (SSSR count). The molecule has 1 aromatic heterocycles. The Hall–Kier alpha value is -0.910. The summed E-state index contributed by atoms with van der Waals surface area (Å²) < 4.78 is 7.50. The zero-order valence-corrected chi connectivity index (χ0v) is 16.8. The van der Waals surface area contributed by atoms with Crippen molar-refractivity contribution < 1.29 is 4.74 Å². The third-order valence-corrected chi connectivity index (χ3v) is 7.92. The fourth-order valence-electron chi connectivity index (χ4n) is 5.98. The molecule has 0 amide bonds. The highest BCUT2D eigenvalue weighted by Crippen LogP contribution is 2.44. The summed E-state index contributed by atoms with van der Waals surface area (Å²) in [6.07, 6.45) is 12.8. The second-order valence-corrected chi connectivity index (χ2v) is 9.41. The molecule has 0 spiro atoms. The maximum absolute atomic E-state index is 6.89. The van der Waals surface area contributed by atoms with Crippen LogP contribution < -0.4 is 9.74 Å². The van der Waals surface area contributed by atoms with Crippen LogP contribution in [0.1, 0.15) is 56.1 Å². The number of aromatic nitrogens is 2. The van der Waals surface area contributed by atoms with Crippen molar-refractivity contribution in [3.05, 3.63) is 17.3 Å². The van der Waals surface area contributed by atoms with Gasteiger partial charge in [0.05, 0.1) is 6.20 Å². The molecular formula is C21H31ClN4O. The van der Waals surface area contributed by atoms with Gasteiger partial charge in [0.2, 0.25) is 0 Å². The molecular weight excluding hydrogens is 360 g/mol. The Kier molecular flexibility index (Phi) is 5.27. The second kappa shape index (κ2) is 7.84. The monoisotopic (exact) mass is 390 g/mol. The van der Waals surface area contributed by atoms with Gasteiger partial charge < -0.3 is 10.1 Å². The molecule has 3 fully saturated rings. The smallest absolute Gasteiger partial charge is 0.169 e. The summed E-state index contributed by atoms with van der Waals surface area (Å²) in [6.45, 7) is 3.04. The van der Waals surface area contributed by atoms with Crippen LogP contribution >= 0.6 is 11.8 Å². The van der Waals surface area contributed by atoms with Gasteiger partial charge in [0.25, 0.3) is 0 Å². The predicted molar refractivity (Wildman–Crippen MR) is 107 cm³/mol. The van der Waals surface area contributed by atoms with Crippen LogP contribution in [-0.4, -0.2) is 42.0 Å². The van der Waals surface area contributed by atoms with E-state index in [1.807, 2.05) is 10.6 Å². The number of halogens is 1. The van der Waals surface area contributed by atoms with Crippen molar-refractivity contribution >= 4 is 17.6 Å². The van der Waals surface area contributed by atoms with Crippen LogP contribution in [0.5, 0.6) is 0 Å². The van der Waals surface area contributed by atoms with E-state index in [4.69, 9.17) is 16.5 Å². The van der Waals surface area contributed by atoms with Gasteiger partial charge in [-0.05, 0) is 87.6 Å². The zero-order chi connectivity index (χ0) is 18.2. The summed E-state index contributed by atoms with van der Waals surface area (Å²) in [5.74, 6) is 3.28. The average Bonchev–Trinajstić information content (AvgIpc) is 3.30. The molecule has 0 unspecified atom stereocenters. The quantitative estimate of drug-likeness (QED) is 0.797. The Balaban J connectivity index is 1.27. The maximum Gasteiger partial charge on any atom is 0.169 e. The largest absolute Gasteiger partial charge is 0.381 e. The summed E-state index contributed by atoms with van der Waals surface area (Å²) in [4.78, 5) is 0. The number of fused-ring (bicyclic) bond motifs is 2. The Morgan fingerprint density at radius 1 is 1.19 bits per heavy atom. The van der Waals surface area contributed by atoms with E-state index in [1.165, 1.54) is 56.1 Å². The molecule has 0 aromatic carbocycles. The third-order valence-electron chi connectivity index (χ3n) is 7.48. The molecule has 4 aliphatic rings. The first-order valence-corrected chi connectivity index (χ1v) is 11.2. The van der Waals surface area contributed by atoms with Gasteiger partial charge >= 0.3 is 0 Å². The van der Waals surface area contributed by atoms with Gasteiger partial charge in [0, 0.05) is 42.6 Å². The molecule has 148 valence electrons. The van der Waals surface area contributed by atoms with E-state index in [9.17, 15) is 0 Å². The molecule has 1 aromatic rings. The number of hydrogen-bond donors (Lipinski definition) is 1. The van der Waals surface area contributed by atoms with Gasteiger partial charge in [-0.3, -0.25) is 4.42 Å². The molecule has 1 N–H and O–H groups in total. The second-order valence-electron chi connectivity index (χ2n) is 9.05. The van der Waals surface area contributed by atoms with Crippen molar-refractivity contribution in [1.82, 2.24) is 15.5 Å². The highest BCUT2D eigenvalue weighted by atomic mass is 35.5. The van der Waals surface area contributed by atoms with Crippen LogP contribution in [0.3, 0.4) is 0 Å². The Morgan fingerprint density at radius 3 is 2.93 bits per heavy atom. The first-order valence-electron chi connectivity index (χ1n) is 10.9. The van der Waals surface area contributed by atoms with Crippen LogP contribution in [0.25, 0.3) is 0 Å². The number of hydrogen-bond acceptors (Lipinski definition) is 5. The fraction of sp³-hybridized carbons (Fsp3) is 0.810. The zero-order valence-electron chi connectivity index (χ0n) is 16.1. The molecule has 6 heteroatoms. The van der Waals surface area contributed by atoms with Crippen molar-refractivity contribution in [2.45, 2.75) is 69.9 Å². The Bertz CT molecular complexity index is 666. The SMILES string of the molecule is ClN(c1nncc2c1CCCC2)[C@H]1C[C@@H]2CN[C@@H](CC3CCOCC3)[C@H]2C1. The fourth-order valence-corrected chi connectivity index (χ4v) is 6.27. The number of rotatable bonds is 4. The van der Waals surface area contributed by atoms with E-state index in [1.54, 1.807) is 0 Å². The lowest BCUT2D eigenvalue weighted by atomic mass is 9.85. The number of aryl methyl sites for hydroxylation is 1. The van der Waals surface area contributed by atoms with E-state index in [0.717, 1.165) is 56.2 Å². The van der Waals surface area contributed by atoms with Crippen molar-refractivity contribution in [2.75, 3.05) is 24.2 Å². The van der Waals surface area contributed by atoms with Crippen molar-refractivity contribution in [3.8, 4) is 0 Å². The minimum atomic E-state index is 0.392. The molecule has 4 atom stereocenters. The summed E-state index contributed by atoms with van der Waals surface area (Å²) >= 11 is 6.89. The van der Waals surface area contributed by atoms with Gasteiger partial charge in [0.15, 0.2) is 5.82 Å². The third kappa shape index (κ3) is 3.58. The van der Waals surface area contributed by atoms with E-state index < -0.39 is 0 Å². The highest BCUT2D eigenvalue weighted by Gasteiger charge is 2.46.